The third-order valence-corrected chi connectivity index (χ3v) is 4.31. The van der Waals surface area contributed by atoms with Crippen LogP contribution < -0.4 is 5.32 Å². The molecule has 2 rings (SSSR count). The molecule has 0 saturated carbocycles. The van der Waals surface area contributed by atoms with Gasteiger partial charge in [-0.15, -0.1) is 0 Å². The molecule has 0 aromatic carbocycles. The highest BCUT2D eigenvalue weighted by Gasteiger charge is 2.28. The highest BCUT2D eigenvalue weighted by atomic mass is 15.2. The van der Waals surface area contributed by atoms with Crippen molar-refractivity contribution < 1.29 is 0 Å². The first-order valence-corrected chi connectivity index (χ1v) is 7.43. The second kappa shape index (κ2) is 6.49. The molecule has 0 bridgehead atoms. The minimum Gasteiger partial charge on any atom is -0.314 e. The molecule has 1 aliphatic rings. The Bertz CT molecular complexity index is 405. The van der Waals surface area contributed by atoms with Crippen LogP contribution in [0.3, 0.4) is 0 Å². The van der Waals surface area contributed by atoms with Gasteiger partial charge in [0.15, 0.2) is 0 Å². The second-order valence-corrected chi connectivity index (χ2v) is 6.14. The van der Waals surface area contributed by atoms with Crippen molar-refractivity contribution in [3.8, 4) is 0 Å². The van der Waals surface area contributed by atoms with Crippen LogP contribution in [0.25, 0.3) is 0 Å². The molecule has 3 unspecified atom stereocenters. The van der Waals surface area contributed by atoms with Gasteiger partial charge in [0.1, 0.15) is 0 Å². The first-order valence-electron chi connectivity index (χ1n) is 7.43. The van der Waals surface area contributed by atoms with Crippen molar-refractivity contribution in [2.75, 3.05) is 13.6 Å². The van der Waals surface area contributed by atoms with Crippen molar-refractivity contribution in [3.05, 3.63) is 29.6 Å². The summed E-state index contributed by atoms with van der Waals surface area (Å²) in [4.78, 5) is 7.32. The maximum Gasteiger partial charge on any atom is 0.0547 e. The van der Waals surface area contributed by atoms with Crippen LogP contribution >= 0.6 is 0 Å². The Kier molecular flexibility index (Phi) is 4.94. The van der Waals surface area contributed by atoms with Crippen molar-refractivity contribution in [2.24, 2.45) is 11.8 Å². The average molecular weight is 261 g/mol. The lowest BCUT2D eigenvalue weighted by Gasteiger charge is -2.41. The van der Waals surface area contributed by atoms with E-state index in [2.05, 4.69) is 49.2 Å². The molecule has 3 atom stereocenters. The van der Waals surface area contributed by atoms with Crippen molar-refractivity contribution in [2.45, 2.75) is 46.3 Å². The number of hydrogen-bond donors (Lipinski definition) is 1. The standard InChI is InChI=1S/C16H27N3/c1-12-8-13(2)14(3)19(10-12)11-16-7-5-6-15(18-16)9-17-4/h5-7,12-14,17H,8-11H2,1-4H3. The van der Waals surface area contributed by atoms with Gasteiger partial charge >= 0.3 is 0 Å². The van der Waals surface area contributed by atoms with E-state index in [1.807, 2.05) is 7.05 Å². The lowest BCUT2D eigenvalue weighted by atomic mass is 9.86. The van der Waals surface area contributed by atoms with E-state index >= 15 is 0 Å². The molecule has 106 valence electrons. The summed E-state index contributed by atoms with van der Waals surface area (Å²) in [6.07, 6.45) is 1.35. The molecule has 3 nitrogen and oxygen atoms in total. The van der Waals surface area contributed by atoms with Gasteiger partial charge in [-0.25, -0.2) is 0 Å². The number of likely N-dealkylation sites (tertiary alicyclic amines) is 1. The minimum absolute atomic E-state index is 0.658. The fraction of sp³-hybridized carbons (Fsp3) is 0.688. The predicted molar refractivity (Wildman–Crippen MR) is 79.8 cm³/mol. The number of piperidine rings is 1. The van der Waals surface area contributed by atoms with Crippen LogP contribution in [0.15, 0.2) is 18.2 Å². The van der Waals surface area contributed by atoms with E-state index in [4.69, 9.17) is 4.98 Å². The lowest BCUT2D eigenvalue weighted by molar-refractivity contribution is 0.0718. The molecule has 3 heteroatoms. The fourth-order valence-corrected chi connectivity index (χ4v) is 3.15. The Hall–Kier alpha value is -0.930. The molecular formula is C16H27N3. The van der Waals surface area contributed by atoms with Crippen LogP contribution in [-0.4, -0.2) is 29.5 Å². The Morgan fingerprint density at radius 2 is 2.00 bits per heavy atom. The van der Waals surface area contributed by atoms with Crippen molar-refractivity contribution in [1.29, 1.82) is 0 Å². The number of nitrogens with one attached hydrogen (secondary N) is 1. The number of pyridine rings is 1. The average Bonchev–Trinajstić information content (AvgIpc) is 2.36. The topological polar surface area (TPSA) is 28.2 Å². The molecule has 1 saturated heterocycles. The van der Waals surface area contributed by atoms with Gasteiger partial charge in [0.05, 0.1) is 11.4 Å². The predicted octanol–water partition coefficient (Wildman–Crippen LogP) is 2.67. The van der Waals surface area contributed by atoms with E-state index in [9.17, 15) is 0 Å². The van der Waals surface area contributed by atoms with Gasteiger partial charge in [0, 0.05) is 25.7 Å². The quantitative estimate of drug-likeness (QED) is 0.903. The number of aromatic nitrogens is 1. The minimum atomic E-state index is 0.658. The zero-order chi connectivity index (χ0) is 13.8. The van der Waals surface area contributed by atoms with E-state index in [-0.39, 0.29) is 0 Å². The highest BCUT2D eigenvalue weighted by molar-refractivity contribution is 5.11. The van der Waals surface area contributed by atoms with Crippen LogP contribution in [0.1, 0.15) is 38.6 Å². The van der Waals surface area contributed by atoms with Gasteiger partial charge in [0.25, 0.3) is 0 Å². The third-order valence-electron chi connectivity index (χ3n) is 4.31. The number of rotatable bonds is 4. The Balaban J connectivity index is 2.05. The fourth-order valence-electron chi connectivity index (χ4n) is 3.15. The molecule has 1 fully saturated rings. The first kappa shape index (κ1) is 14.5. The zero-order valence-corrected chi connectivity index (χ0v) is 12.7. The summed E-state index contributed by atoms with van der Waals surface area (Å²) in [5.74, 6) is 1.58. The number of hydrogen-bond acceptors (Lipinski definition) is 3. The molecule has 0 spiro atoms. The van der Waals surface area contributed by atoms with E-state index in [0.717, 1.165) is 30.6 Å². The molecule has 1 aromatic heterocycles. The van der Waals surface area contributed by atoms with E-state index in [1.165, 1.54) is 18.7 Å². The van der Waals surface area contributed by atoms with Crippen molar-refractivity contribution >= 4 is 0 Å². The Morgan fingerprint density at radius 1 is 1.26 bits per heavy atom. The summed E-state index contributed by atoms with van der Waals surface area (Å²) in [6.45, 7) is 10.1. The van der Waals surface area contributed by atoms with Gasteiger partial charge in [-0.05, 0) is 44.4 Å². The van der Waals surface area contributed by atoms with Crippen LogP contribution in [0.2, 0.25) is 0 Å². The second-order valence-electron chi connectivity index (χ2n) is 6.14. The molecule has 2 heterocycles. The van der Waals surface area contributed by atoms with E-state index in [0.29, 0.717) is 6.04 Å². The maximum atomic E-state index is 4.74. The molecule has 1 N–H and O–H groups in total. The molecule has 19 heavy (non-hydrogen) atoms. The first-order chi connectivity index (χ1) is 9.10. The smallest absolute Gasteiger partial charge is 0.0547 e. The van der Waals surface area contributed by atoms with E-state index in [1.54, 1.807) is 0 Å². The largest absolute Gasteiger partial charge is 0.314 e. The molecule has 0 radical (unpaired) electrons. The summed E-state index contributed by atoms with van der Waals surface area (Å²) >= 11 is 0. The van der Waals surface area contributed by atoms with Crippen molar-refractivity contribution in [1.82, 2.24) is 15.2 Å². The molecule has 0 aliphatic carbocycles. The summed E-state index contributed by atoms with van der Waals surface area (Å²) in [5.41, 5.74) is 2.33. The van der Waals surface area contributed by atoms with Crippen molar-refractivity contribution in [3.63, 3.8) is 0 Å². The number of nitrogens with zero attached hydrogens (tertiary/aromatic N) is 2. The molecule has 0 amide bonds. The van der Waals surface area contributed by atoms with Crippen LogP contribution in [0, 0.1) is 11.8 Å². The zero-order valence-electron chi connectivity index (χ0n) is 12.7. The Labute approximate surface area is 117 Å². The van der Waals surface area contributed by atoms with E-state index < -0.39 is 0 Å². The normalized spacial score (nSPS) is 28.5. The summed E-state index contributed by atoms with van der Waals surface area (Å²) in [7, 11) is 1.96. The van der Waals surface area contributed by atoms with Gasteiger partial charge in [-0.1, -0.05) is 19.9 Å². The lowest BCUT2D eigenvalue weighted by Crippen LogP contribution is -2.45. The monoisotopic (exact) mass is 261 g/mol. The Morgan fingerprint density at radius 3 is 2.74 bits per heavy atom. The van der Waals surface area contributed by atoms with Crippen LogP contribution in [0.5, 0.6) is 0 Å². The van der Waals surface area contributed by atoms with Crippen LogP contribution in [-0.2, 0) is 13.1 Å². The van der Waals surface area contributed by atoms with Gasteiger partial charge < -0.3 is 5.32 Å². The van der Waals surface area contributed by atoms with Gasteiger partial charge in [-0.3, -0.25) is 9.88 Å². The maximum absolute atomic E-state index is 4.74. The third kappa shape index (κ3) is 3.77. The summed E-state index contributed by atoms with van der Waals surface area (Å²) in [6, 6.07) is 7.02. The molecular weight excluding hydrogens is 234 g/mol. The van der Waals surface area contributed by atoms with Gasteiger partial charge in [-0.2, -0.15) is 0 Å². The SMILES string of the molecule is CNCc1cccc(CN2CC(C)CC(C)C2C)n1. The molecule has 1 aliphatic heterocycles. The molecule has 1 aromatic rings. The van der Waals surface area contributed by atoms with Gasteiger partial charge in [0.2, 0.25) is 0 Å². The van der Waals surface area contributed by atoms with Crippen LogP contribution in [0.4, 0.5) is 0 Å². The summed E-state index contributed by atoms with van der Waals surface area (Å²) < 4.78 is 0. The highest BCUT2D eigenvalue weighted by Crippen LogP contribution is 2.27. The summed E-state index contributed by atoms with van der Waals surface area (Å²) in [5, 5.41) is 3.16.